The number of aliphatic hydroxyl groups is 2. The molecule has 0 amide bonds. The van der Waals surface area contributed by atoms with Gasteiger partial charge in [-0.3, -0.25) is 4.79 Å². The first-order valence-corrected chi connectivity index (χ1v) is 16.7. The third kappa shape index (κ3) is 4.43. The summed E-state index contributed by atoms with van der Waals surface area (Å²) in [6, 6.07) is -0.395. The van der Waals surface area contributed by atoms with Crippen LogP contribution in [0.5, 0.6) is 0 Å². The molecule has 0 bridgehead atoms. The lowest BCUT2D eigenvalue weighted by molar-refractivity contribution is -0.198. The summed E-state index contributed by atoms with van der Waals surface area (Å²) in [5.74, 6) is -2.09. The van der Waals surface area contributed by atoms with Crippen LogP contribution in [-0.2, 0) is 14.3 Å². The molecule has 0 heterocycles. The van der Waals surface area contributed by atoms with Crippen LogP contribution >= 0.6 is 0 Å². The van der Waals surface area contributed by atoms with E-state index in [1.54, 1.807) is 0 Å². The second kappa shape index (κ2) is 10.6. The number of carbonyl (C=O) groups is 2. The number of allylic oxidation sites excluding steroid dienone is 2. The third-order valence-electron chi connectivity index (χ3n) is 13.7. The molecule has 0 aromatic rings. The van der Waals surface area contributed by atoms with E-state index in [2.05, 4.69) is 6.92 Å². The van der Waals surface area contributed by atoms with Crippen LogP contribution in [0.1, 0.15) is 111 Å². The monoisotopic (exact) mass is 599 g/mol. The van der Waals surface area contributed by atoms with Crippen molar-refractivity contribution in [2.24, 2.45) is 45.8 Å². The number of esters is 1. The summed E-state index contributed by atoms with van der Waals surface area (Å²) < 4.78 is 5.98. The van der Waals surface area contributed by atoms with E-state index in [4.69, 9.17) is 21.9 Å². The Bertz CT molecular complexity index is 1240. The summed E-state index contributed by atoms with van der Waals surface area (Å²) in [6.45, 7) is 5.55. The van der Waals surface area contributed by atoms with E-state index in [1.165, 1.54) is 30.9 Å². The number of carboxylic acid groups (broad SMARTS) is 1. The van der Waals surface area contributed by atoms with Crippen LogP contribution in [0.15, 0.2) is 22.3 Å². The maximum atomic E-state index is 13.3. The molecule has 0 aromatic carbocycles. The maximum absolute atomic E-state index is 13.3. The number of carbonyl (C=O) groups excluding carboxylic acids is 1. The van der Waals surface area contributed by atoms with Crippen LogP contribution in [0.2, 0.25) is 0 Å². The molecule has 9 heteroatoms. The molecule has 240 valence electrons. The van der Waals surface area contributed by atoms with Gasteiger partial charge < -0.3 is 37.3 Å². The van der Waals surface area contributed by atoms with Crippen molar-refractivity contribution < 1.29 is 29.6 Å². The molecule has 0 aliphatic heterocycles. The molecule has 6 aliphatic rings. The molecular weight excluding hydrogens is 546 g/mol. The molecule has 0 spiro atoms. The van der Waals surface area contributed by atoms with Crippen LogP contribution in [0.4, 0.5) is 0 Å². The zero-order valence-electron chi connectivity index (χ0n) is 26.2. The van der Waals surface area contributed by atoms with Crippen LogP contribution < -0.4 is 17.2 Å². The van der Waals surface area contributed by atoms with Gasteiger partial charge in [-0.25, -0.2) is 4.79 Å². The van der Waals surface area contributed by atoms with E-state index < -0.39 is 58.2 Å². The zero-order valence-corrected chi connectivity index (χ0v) is 26.2. The second-order valence-corrected chi connectivity index (χ2v) is 15.6. The van der Waals surface area contributed by atoms with Crippen molar-refractivity contribution in [3.05, 3.63) is 22.3 Å². The lowest BCUT2D eigenvalue weighted by Gasteiger charge is -2.70. The van der Waals surface area contributed by atoms with E-state index in [0.29, 0.717) is 44.1 Å². The van der Waals surface area contributed by atoms with Crippen molar-refractivity contribution in [3.8, 4) is 0 Å². The fourth-order valence-corrected chi connectivity index (χ4v) is 11.6. The van der Waals surface area contributed by atoms with Gasteiger partial charge in [0.05, 0.1) is 17.7 Å². The Morgan fingerprint density at radius 3 is 2.23 bits per heavy atom. The van der Waals surface area contributed by atoms with Gasteiger partial charge in [-0.2, -0.15) is 0 Å². The van der Waals surface area contributed by atoms with Gasteiger partial charge in [0.1, 0.15) is 6.10 Å². The molecule has 6 fully saturated rings. The Morgan fingerprint density at radius 2 is 1.58 bits per heavy atom. The van der Waals surface area contributed by atoms with Gasteiger partial charge in [0, 0.05) is 41.0 Å². The molecule has 43 heavy (non-hydrogen) atoms. The number of carboxylic acids is 1. The fourth-order valence-electron chi connectivity index (χ4n) is 11.6. The standard InChI is InChI=1S/C34H53N3O6/c1-18(38)43-25-17-32(3)33(36)14-11-22-28(35)23(39)12-13-31(22,2)29(33)24(40)16-34(32,37)27(25)26(30(41)42)21-10-6-9-20(15-21)19-7-4-5-8-19/h21-25,28-29,39-40H,4-17,35-37H2,1-3H3,(H,41,42)/b27-26+/t21?,22-,23+,24+,25-,28-,29-,31-,32+,33+,34+/m0/s1. The van der Waals surface area contributed by atoms with E-state index in [-0.39, 0.29) is 29.7 Å². The molecule has 9 nitrogen and oxygen atoms in total. The Hall–Kier alpha value is -1.78. The second-order valence-electron chi connectivity index (χ2n) is 15.6. The van der Waals surface area contributed by atoms with Gasteiger partial charge in [-0.1, -0.05) is 25.0 Å². The highest BCUT2D eigenvalue weighted by Crippen LogP contribution is 2.70. The summed E-state index contributed by atoms with van der Waals surface area (Å²) in [6.07, 6.45) is 8.52. The minimum atomic E-state index is -1.27. The number of nitrogens with two attached hydrogens (primary N) is 3. The molecule has 11 atom stereocenters. The van der Waals surface area contributed by atoms with E-state index in [0.717, 1.165) is 32.1 Å². The van der Waals surface area contributed by atoms with E-state index >= 15 is 0 Å². The minimum absolute atomic E-state index is 0.000923. The van der Waals surface area contributed by atoms with Crippen molar-refractivity contribution in [2.45, 2.75) is 146 Å². The Morgan fingerprint density at radius 1 is 0.907 bits per heavy atom. The molecule has 0 aromatic heterocycles. The van der Waals surface area contributed by atoms with Crippen LogP contribution in [-0.4, -0.2) is 62.7 Å². The molecule has 1 unspecified atom stereocenters. The summed E-state index contributed by atoms with van der Waals surface area (Å²) >= 11 is 0. The normalized spacial score (nSPS) is 49.2. The zero-order chi connectivity index (χ0) is 31.1. The van der Waals surface area contributed by atoms with Crippen molar-refractivity contribution in [3.63, 3.8) is 0 Å². The fraction of sp³-hybridized carbons (Fsp3) is 0.824. The molecule has 6 aliphatic carbocycles. The largest absolute Gasteiger partial charge is 0.478 e. The highest BCUT2D eigenvalue weighted by Gasteiger charge is 2.76. The number of fused-ring (bicyclic) bond motifs is 5. The van der Waals surface area contributed by atoms with Crippen LogP contribution in [0.3, 0.4) is 0 Å². The highest BCUT2D eigenvalue weighted by molar-refractivity contribution is 5.89. The molecular formula is C34H53N3O6. The SMILES string of the molecule is CC(=O)O[C@H]1C[C@@]2(C)[C@@](N)(C[C@@H](O)[C@H]3[C@@]4(C)CC[C@@H](O)[C@@H](N)[C@@H]4CC[C@@]32N)/C1=C(/C(=O)O)C1CCCC(=C2CCCC2)C1. The van der Waals surface area contributed by atoms with Gasteiger partial charge in [0.15, 0.2) is 0 Å². The summed E-state index contributed by atoms with van der Waals surface area (Å²) in [5.41, 5.74) is 21.8. The van der Waals surface area contributed by atoms with Gasteiger partial charge in [0.2, 0.25) is 0 Å². The van der Waals surface area contributed by atoms with Gasteiger partial charge in [0.25, 0.3) is 0 Å². The number of aliphatic carboxylic acids is 1. The first-order chi connectivity index (χ1) is 20.2. The van der Waals surface area contributed by atoms with Crippen molar-refractivity contribution in [1.29, 1.82) is 0 Å². The minimum Gasteiger partial charge on any atom is -0.478 e. The van der Waals surface area contributed by atoms with Crippen LogP contribution in [0, 0.1) is 28.6 Å². The average Bonchev–Trinajstić information content (AvgIpc) is 3.53. The third-order valence-corrected chi connectivity index (χ3v) is 13.7. The summed E-state index contributed by atoms with van der Waals surface area (Å²) in [7, 11) is 0. The topological polar surface area (TPSA) is 182 Å². The van der Waals surface area contributed by atoms with Gasteiger partial charge in [-0.15, -0.1) is 0 Å². The highest BCUT2D eigenvalue weighted by atomic mass is 16.5. The maximum Gasteiger partial charge on any atom is 0.332 e. The Kier molecular flexibility index (Phi) is 7.73. The van der Waals surface area contributed by atoms with Gasteiger partial charge >= 0.3 is 11.9 Å². The molecule has 6 saturated carbocycles. The number of hydrogen-bond donors (Lipinski definition) is 6. The summed E-state index contributed by atoms with van der Waals surface area (Å²) in [5, 5.41) is 33.6. The Labute approximate surface area is 255 Å². The lowest BCUT2D eigenvalue weighted by Crippen LogP contribution is -2.80. The predicted molar refractivity (Wildman–Crippen MR) is 162 cm³/mol. The Balaban J connectivity index is 1.49. The average molecular weight is 600 g/mol. The lowest BCUT2D eigenvalue weighted by atomic mass is 9.38. The first kappa shape index (κ1) is 31.2. The van der Waals surface area contributed by atoms with Crippen molar-refractivity contribution in [1.82, 2.24) is 0 Å². The number of hydrogen-bond acceptors (Lipinski definition) is 8. The van der Waals surface area contributed by atoms with Crippen molar-refractivity contribution in [2.75, 3.05) is 0 Å². The molecule has 6 rings (SSSR count). The molecule has 9 N–H and O–H groups in total. The van der Waals surface area contributed by atoms with E-state index in [1.807, 2.05) is 6.92 Å². The van der Waals surface area contributed by atoms with Crippen LogP contribution in [0.25, 0.3) is 0 Å². The number of rotatable bonds is 3. The predicted octanol–water partition coefficient (Wildman–Crippen LogP) is 3.44. The van der Waals surface area contributed by atoms with E-state index in [9.17, 15) is 24.9 Å². The molecule has 0 saturated heterocycles. The van der Waals surface area contributed by atoms with Crippen molar-refractivity contribution >= 4 is 11.9 Å². The molecule has 0 radical (unpaired) electrons. The number of ether oxygens (including phenoxy) is 1. The quantitative estimate of drug-likeness (QED) is 0.161. The first-order valence-electron chi connectivity index (χ1n) is 16.7. The summed E-state index contributed by atoms with van der Waals surface area (Å²) in [4.78, 5) is 25.8. The van der Waals surface area contributed by atoms with Gasteiger partial charge in [-0.05, 0) is 107 Å². The smallest absolute Gasteiger partial charge is 0.332 e. The number of aliphatic hydroxyl groups excluding tert-OH is 2.